The minimum absolute atomic E-state index is 0.145. The van der Waals surface area contributed by atoms with Crippen LogP contribution in [0.1, 0.15) is 31.0 Å². The van der Waals surface area contributed by atoms with Gasteiger partial charge in [-0.05, 0) is 58.2 Å². The van der Waals surface area contributed by atoms with Gasteiger partial charge in [0.2, 0.25) is 21.8 Å². The van der Waals surface area contributed by atoms with E-state index in [9.17, 15) is 13.2 Å². The van der Waals surface area contributed by atoms with Gasteiger partial charge in [-0.15, -0.1) is 0 Å². The summed E-state index contributed by atoms with van der Waals surface area (Å²) in [5.74, 6) is 0.313. The van der Waals surface area contributed by atoms with Crippen LogP contribution in [0.15, 0.2) is 39.8 Å². The average Bonchev–Trinajstić information content (AvgIpc) is 3.11. The lowest BCUT2D eigenvalue weighted by Crippen LogP contribution is -2.48. The van der Waals surface area contributed by atoms with Crippen LogP contribution in [-0.4, -0.2) is 50.1 Å². The minimum Gasteiger partial charge on any atom is -0.338 e. The molecule has 8 nitrogen and oxygen atoms in total. The molecule has 0 saturated carbocycles. The van der Waals surface area contributed by atoms with Crippen LogP contribution in [0.5, 0.6) is 0 Å². The Balaban J connectivity index is 1.54. The van der Waals surface area contributed by atoms with Gasteiger partial charge in [0.05, 0.1) is 16.6 Å². The van der Waals surface area contributed by atoms with Crippen molar-refractivity contribution in [3.8, 4) is 0 Å². The first-order valence-electron chi connectivity index (χ1n) is 9.79. The predicted octanol–water partition coefficient (Wildman–Crippen LogP) is 2.31. The van der Waals surface area contributed by atoms with Crippen molar-refractivity contribution in [2.75, 3.05) is 25.0 Å². The molecule has 1 amide bonds. The number of benzene rings is 1. The molecule has 29 heavy (non-hydrogen) atoms. The topological polar surface area (TPSA) is 105 Å². The number of carbonyl (C=O) groups is 1. The van der Waals surface area contributed by atoms with Crippen LogP contribution in [0.25, 0.3) is 0 Å². The van der Waals surface area contributed by atoms with Crippen molar-refractivity contribution in [3.63, 3.8) is 0 Å². The first-order chi connectivity index (χ1) is 13.7. The van der Waals surface area contributed by atoms with Gasteiger partial charge in [-0.25, -0.2) is 13.1 Å². The Morgan fingerprint density at radius 2 is 2.03 bits per heavy atom. The van der Waals surface area contributed by atoms with Crippen LogP contribution in [0.4, 0.5) is 5.88 Å². The molecule has 3 rings (SSSR count). The van der Waals surface area contributed by atoms with Gasteiger partial charge in [-0.2, -0.15) is 0 Å². The van der Waals surface area contributed by atoms with E-state index in [2.05, 4.69) is 20.1 Å². The second-order valence-corrected chi connectivity index (χ2v) is 9.43. The smallest absolute Gasteiger partial charge is 0.243 e. The lowest BCUT2D eigenvalue weighted by Gasteiger charge is -2.36. The zero-order valence-electron chi connectivity index (χ0n) is 17.0. The number of nitrogens with one attached hydrogen (secondary N) is 2. The van der Waals surface area contributed by atoms with E-state index in [1.54, 1.807) is 37.3 Å². The largest absolute Gasteiger partial charge is 0.338 e. The third kappa shape index (κ3) is 5.65. The van der Waals surface area contributed by atoms with Crippen LogP contribution in [0.3, 0.4) is 0 Å². The van der Waals surface area contributed by atoms with Crippen LogP contribution in [0.2, 0.25) is 0 Å². The number of nitrogens with zero attached hydrogens (tertiary/aromatic N) is 2. The average molecular weight is 421 g/mol. The molecule has 9 heteroatoms. The molecule has 1 aromatic heterocycles. The number of aromatic nitrogens is 1. The summed E-state index contributed by atoms with van der Waals surface area (Å²) in [6, 6.07) is 8.12. The summed E-state index contributed by atoms with van der Waals surface area (Å²) in [5.41, 5.74) is 1.71. The second kappa shape index (κ2) is 9.06. The summed E-state index contributed by atoms with van der Waals surface area (Å²) in [6.45, 7) is 7.35. The Labute approximate surface area is 171 Å². The highest BCUT2D eigenvalue weighted by Gasteiger charge is 2.28. The summed E-state index contributed by atoms with van der Waals surface area (Å²) in [7, 11) is -3.54. The van der Waals surface area contributed by atoms with E-state index in [0.717, 1.165) is 24.9 Å². The number of piperidine rings is 1. The SMILES string of the molecule is Cc1ccc(S(=O)(=O)NCC2CCCN(C(C)C(=O)Nc3cc(C)no3)C2)cc1. The molecule has 0 spiro atoms. The summed E-state index contributed by atoms with van der Waals surface area (Å²) in [6.07, 6.45) is 1.83. The number of aryl methyl sites for hydroxylation is 2. The van der Waals surface area contributed by atoms with Crippen molar-refractivity contribution in [3.05, 3.63) is 41.6 Å². The number of likely N-dealkylation sites (tertiary alicyclic amines) is 1. The van der Waals surface area contributed by atoms with Crippen molar-refractivity contribution >= 4 is 21.8 Å². The van der Waals surface area contributed by atoms with E-state index in [1.165, 1.54) is 0 Å². The maximum atomic E-state index is 12.5. The monoisotopic (exact) mass is 420 g/mol. The fourth-order valence-electron chi connectivity index (χ4n) is 3.46. The zero-order valence-corrected chi connectivity index (χ0v) is 17.8. The van der Waals surface area contributed by atoms with Gasteiger partial charge >= 0.3 is 0 Å². The number of anilines is 1. The zero-order chi connectivity index (χ0) is 21.0. The Kier molecular flexibility index (Phi) is 6.71. The molecule has 1 aromatic carbocycles. The molecule has 158 valence electrons. The number of sulfonamides is 1. The van der Waals surface area contributed by atoms with Gasteiger partial charge in [0, 0.05) is 19.2 Å². The highest BCUT2D eigenvalue weighted by atomic mass is 32.2. The van der Waals surface area contributed by atoms with E-state index in [4.69, 9.17) is 4.52 Å². The maximum absolute atomic E-state index is 12.5. The van der Waals surface area contributed by atoms with E-state index in [1.807, 2.05) is 13.8 Å². The normalized spacial score (nSPS) is 19.1. The van der Waals surface area contributed by atoms with Gasteiger partial charge in [0.15, 0.2) is 0 Å². The van der Waals surface area contributed by atoms with E-state index < -0.39 is 10.0 Å². The van der Waals surface area contributed by atoms with Gasteiger partial charge in [-0.3, -0.25) is 15.0 Å². The van der Waals surface area contributed by atoms with Crippen LogP contribution in [-0.2, 0) is 14.8 Å². The van der Waals surface area contributed by atoms with E-state index in [0.29, 0.717) is 24.7 Å². The standard InChI is InChI=1S/C20H28N4O4S/c1-14-6-8-18(9-7-14)29(26,27)21-12-17-5-4-10-24(13-17)16(3)20(25)22-19-11-15(2)23-28-19/h6-9,11,16-17,21H,4-5,10,12-13H2,1-3H3,(H,22,25). The molecule has 2 N–H and O–H groups in total. The Hall–Kier alpha value is -2.23. The molecule has 0 aliphatic carbocycles. The molecule has 1 aliphatic heterocycles. The van der Waals surface area contributed by atoms with Crippen molar-refractivity contribution in [1.29, 1.82) is 0 Å². The van der Waals surface area contributed by atoms with Crippen LogP contribution >= 0.6 is 0 Å². The van der Waals surface area contributed by atoms with Gasteiger partial charge in [0.25, 0.3) is 0 Å². The first kappa shape index (κ1) is 21.5. The molecule has 2 heterocycles. The molecule has 0 bridgehead atoms. The molecule has 1 saturated heterocycles. The lowest BCUT2D eigenvalue weighted by molar-refractivity contribution is -0.121. The lowest BCUT2D eigenvalue weighted by atomic mass is 9.97. The molecular weight excluding hydrogens is 392 g/mol. The van der Waals surface area contributed by atoms with Gasteiger partial charge in [0.1, 0.15) is 0 Å². The summed E-state index contributed by atoms with van der Waals surface area (Å²) in [5, 5.41) is 6.50. The Morgan fingerprint density at radius 1 is 1.31 bits per heavy atom. The number of rotatable bonds is 7. The van der Waals surface area contributed by atoms with Crippen molar-refractivity contribution < 1.29 is 17.7 Å². The molecular formula is C20H28N4O4S. The number of amides is 1. The number of hydrogen-bond acceptors (Lipinski definition) is 6. The highest BCUT2D eigenvalue weighted by Crippen LogP contribution is 2.20. The van der Waals surface area contributed by atoms with Gasteiger partial charge in [-0.1, -0.05) is 22.9 Å². The van der Waals surface area contributed by atoms with Crippen molar-refractivity contribution in [2.24, 2.45) is 5.92 Å². The summed E-state index contributed by atoms with van der Waals surface area (Å²) in [4.78, 5) is 14.9. The first-order valence-corrected chi connectivity index (χ1v) is 11.3. The maximum Gasteiger partial charge on any atom is 0.243 e. The molecule has 1 aliphatic rings. The van der Waals surface area contributed by atoms with E-state index >= 15 is 0 Å². The summed E-state index contributed by atoms with van der Waals surface area (Å²) < 4.78 is 32.8. The molecule has 0 radical (unpaired) electrons. The molecule has 2 aromatic rings. The minimum atomic E-state index is -3.54. The van der Waals surface area contributed by atoms with Crippen LogP contribution in [0, 0.1) is 19.8 Å². The fourth-order valence-corrected chi connectivity index (χ4v) is 4.57. The van der Waals surface area contributed by atoms with Gasteiger partial charge < -0.3 is 4.52 Å². The Bertz CT molecular complexity index is 940. The predicted molar refractivity (Wildman–Crippen MR) is 110 cm³/mol. The molecule has 1 fully saturated rings. The van der Waals surface area contributed by atoms with Crippen molar-refractivity contribution in [1.82, 2.24) is 14.8 Å². The third-order valence-corrected chi connectivity index (χ3v) is 6.68. The van der Waals surface area contributed by atoms with Crippen molar-refractivity contribution in [2.45, 2.75) is 44.6 Å². The highest BCUT2D eigenvalue weighted by molar-refractivity contribution is 7.89. The Morgan fingerprint density at radius 3 is 2.69 bits per heavy atom. The quantitative estimate of drug-likeness (QED) is 0.712. The fraction of sp³-hybridized carbons (Fsp3) is 0.500. The van der Waals surface area contributed by atoms with Crippen LogP contribution < -0.4 is 10.0 Å². The number of carbonyl (C=O) groups excluding carboxylic acids is 1. The third-order valence-electron chi connectivity index (χ3n) is 5.25. The summed E-state index contributed by atoms with van der Waals surface area (Å²) >= 11 is 0. The van der Waals surface area contributed by atoms with E-state index in [-0.39, 0.29) is 22.8 Å². The number of hydrogen-bond donors (Lipinski definition) is 2. The second-order valence-electron chi connectivity index (χ2n) is 7.67. The molecule has 2 unspecified atom stereocenters. The molecule has 2 atom stereocenters.